The Kier molecular flexibility index (Phi) is 7.56. The first-order valence-electron chi connectivity index (χ1n) is 13.1. The van der Waals surface area contributed by atoms with Gasteiger partial charge in [-0.1, -0.05) is 49.4 Å². The summed E-state index contributed by atoms with van der Waals surface area (Å²) >= 11 is 5.84. The van der Waals surface area contributed by atoms with Crippen molar-refractivity contribution in [3.05, 3.63) is 113 Å². The quantitative estimate of drug-likeness (QED) is 0.275. The van der Waals surface area contributed by atoms with Gasteiger partial charge in [0, 0.05) is 41.9 Å². The average molecular weight is 524 g/mol. The number of nitrogens with zero attached hydrogens (tertiary/aromatic N) is 3. The van der Waals surface area contributed by atoms with Crippen LogP contribution in [-0.4, -0.2) is 32.0 Å². The fraction of sp³-hybridized carbons (Fsp3) is 0.258. The number of para-hydroxylation sites is 2. The first kappa shape index (κ1) is 25.7. The summed E-state index contributed by atoms with van der Waals surface area (Å²) in [5.41, 5.74) is 7.73. The van der Waals surface area contributed by atoms with Crippen molar-refractivity contribution in [2.45, 2.75) is 45.7 Å². The maximum atomic E-state index is 12.8. The second-order valence-electron chi connectivity index (χ2n) is 9.63. The molecule has 5 rings (SSSR count). The SMILES string of the molecule is CCc1ccccc1-n1c(C)cc([C@@H]2[C@@H](c3ccccn3)NC(=S)N2CCC(=O)Nc2ccccc2)c1C. The number of hydrogen-bond acceptors (Lipinski definition) is 3. The predicted molar refractivity (Wildman–Crippen MR) is 156 cm³/mol. The van der Waals surface area contributed by atoms with Gasteiger partial charge in [-0.05, 0) is 80.0 Å². The maximum absolute atomic E-state index is 12.8. The van der Waals surface area contributed by atoms with Crippen LogP contribution in [0.25, 0.3) is 5.69 Å². The number of nitrogens with one attached hydrogen (secondary N) is 2. The minimum atomic E-state index is -0.128. The number of carbonyl (C=O) groups is 1. The van der Waals surface area contributed by atoms with Crippen LogP contribution in [0.15, 0.2) is 85.1 Å². The molecule has 0 radical (unpaired) electrons. The van der Waals surface area contributed by atoms with Gasteiger partial charge in [0.25, 0.3) is 0 Å². The van der Waals surface area contributed by atoms with Crippen LogP contribution >= 0.6 is 12.2 Å². The summed E-state index contributed by atoms with van der Waals surface area (Å²) in [4.78, 5) is 19.6. The number of benzene rings is 2. The molecular formula is C31H33N5OS. The Balaban J connectivity index is 1.50. The maximum Gasteiger partial charge on any atom is 0.226 e. The Morgan fingerprint density at radius 3 is 2.50 bits per heavy atom. The van der Waals surface area contributed by atoms with E-state index in [2.05, 4.69) is 76.2 Å². The van der Waals surface area contributed by atoms with Gasteiger partial charge in [-0.2, -0.15) is 0 Å². The van der Waals surface area contributed by atoms with E-state index >= 15 is 0 Å². The summed E-state index contributed by atoms with van der Waals surface area (Å²) in [7, 11) is 0. The van der Waals surface area contributed by atoms with Gasteiger partial charge in [0.05, 0.1) is 17.8 Å². The molecule has 6 nitrogen and oxygen atoms in total. The third-order valence-corrected chi connectivity index (χ3v) is 7.59. The molecule has 0 unspecified atom stereocenters. The second-order valence-corrected chi connectivity index (χ2v) is 10.0. The van der Waals surface area contributed by atoms with Gasteiger partial charge in [-0.25, -0.2) is 0 Å². The summed E-state index contributed by atoms with van der Waals surface area (Å²) in [6.45, 7) is 7.00. The van der Waals surface area contributed by atoms with Gasteiger partial charge >= 0.3 is 0 Å². The van der Waals surface area contributed by atoms with Crippen LogP contribution in [0.1, 0.15) is 53.6 Å². The van der Waals surface area contributed by atoms with Gasteiger partial charge in [-0.15, -0.1) is 0 Å². The number of aromatic nitrogens is 2. The molecule has 2 N–H and O–H groups in total. The standard InChI is InChI=1S/C31H33N5OS/c1-4-23-12-8-9-16-27(23)36-21(2)20-25(22(36)3)30-29(26-15-10-11-18-32-26)34-31(38)35(30)19-17-28(37)33-24-13-6-5-7-14-24/h5-16,18,20,29-30H,4,17,19H2,1-3H3,(H,33,37)(H,34,38)/t29-,30-/m1/s1. The van der Waals surface area contributed by atoms with Gasteiger partial charge in [-0.3, -0.25) is 9.78 Å². The van der Waals surface area contributed by atoms with Gasteiger partial charge < -0.3 is 20.1 Å². The number of carbonyl (C=O) groups excluding carboxylic acids is 1. The first-order valence-corrected chi connectivity index (χ1v) is 13.5. The summed E-state index contributed by atoms with van der Waals surface area (Å²) in [6, 6.07) is 26.1. The van der Waals surface area contributed by atoms with Crippen molar-refractivity contribution in [2.75, 3.05) is 11.9 Å². The largest absolute Gasteiger partial charge is 0.352 e. The van der Waals surface area contributed by atoms with E-state index in [1.807, 2.05) is 54.7 Å². The third-order valence-electron chi connectivity index (χ3n) is 7.24. The molecule has 4 aromatic rings. The molecule has 2 aromatic heterocycles. The Labute approximate surface area is 229 Å². The normalized spacial score (nSPS) is 16.9. The molecule has 2 atom stereocenters. The Morgan fingerprint density at radius 2 is 1.76 bits per heavy atom. The zero-order valence-electron chi connectivity index (χ0n) is 22.0. The Hall–Kier alpha value is -3.97. The molecule has 0 aliphatic carbocycles. The molecule has 1 aliphatic rings. The highest BCUT2D eigenvalue weighted by molar-refractivity contribution is 7.80. The molecule has 2 aromatic carbocycles. The number of thiocarbonyl (C=S) groups is 1. The minimum Gasteiger partial charge on any atom is -0.352 e. The molecular weight excluding hydrogens is 490 g/mol. The van der Waals surface area contributed by atoms with E-state index in [-0.39, 0.29) is 18.0 Å². The number of rotatable bonds is 8. The van der Waals surface area contributed by atoms with Crippen molar-refractivity contribution in [1.82, 2.24) is 19.8 Å². The van der Waals surface area contributed by atoms with Crippen LogP contribution in [0.5, 0.6) is 0 Å². The molecule has 0 spiro atoms. The highest BCUT2D eigenvalue weighted by Gasteiger charge is 2.41. The molecule has 38 heavy (non-hydrogen) atoms. The third kappa shape index (κ3) is 5.07. The zero-order valence-corrected chi connectivity index (χ0v) is 22.8. The smallest absolute Gasteiger partial charge is 0.226 e. The van der Waals surface area contributed by atoms with Crippen LogP contribution in [0.2, 0.25) is 0 Å². The molecule has 7 heteroatoms. The van der Waals surface area contributed by atoms with Crippen LogP contribution < -0.4 is 10.6 Å². The van der Waals surface area contributed by atoms with Crippen molar-refractivity contribution in [3.63, 3.8) is 0 Å². The number of pyridine rings is 1. The molecule has 1 fully saturated rings. The second kappa shape index (κ2) is 11.2. The van der Waals surface area contributed by atoms with Gasteiger partial charge in [0.2, 0.25) is 5.91 Å². The van der Waals surface area contributed by atoms with E-state index in [0.29, 0.717) is 18.1 Å². The van der Waals surface area contributed by atoms with Crippen molar-refractivity contribution in [3.8, 4) is 5.69 Å². The van der Waals surface area contributed by atoms with Crippen molar-refractivity contribution >= 4 is 28.9 Å². The Bertz CT molecular complexity index is 1430. The average Bonchev–Trinajstić information content (AvgIpc) is 3.42. The summed E-state index contributed by atoms with van der Waals surface area (Å²) in [6.07, 6.45) is 3.09. The lowest BCUT2D eigenvalue weighted by Crippen LogP contribution is -2.32. The van der Waals surface area contributed by atoms with E-state index in [0.717, 1.165) is 23.5 Å². The van der Waals surface area contributed by atoms with Crippen LogP contribution in [0, 0.1) is 13.8 Å². The van der Waals surface area contributed by atoms with Gasteiger partial charge in [0.15, 0.2) is 5.11 Å². The Morgan fingerprint density at radius 1 is 1.03 bits per heavy atom. The number of amides is 1. The van der Waals surface area contributed by atoms with Crippen molar-refractivity contribution in [2.24, 2.45) is 0 Å². The molecule has 0 saturated carbocycles. The topological polar surface area (TPSA) is 62.2 Å². The van der Waals surface area contributed by atoms with E-state index in [9.17, 15) is 4.79 Å². The molecule has 3 heterocycles. The minimum absolute atomic E-state index is 0.0404. The van der Waals surface area contributed by atoms with E-state index in [1.54, 1.807) is 0 Å². The summed E-state index contributed by atoms with van der Waals surface area (Å²) in [5.74, 6) is -0.0404. The molecule has 1 saturated heterocycles. The van der Waals surface area contributed by atoms with E-state index in [1.165, 1.54) is 22.5 Å². The number of hydrogen-bond donors (Lipinski definition) is 2. The first-order chi connectivity index (χ1) is 18.5. The lowest BCUT2D eigenvalue weighted by molar-refractivity contribution is -0.116. The predicted octanol–water partition coefficient (Wildman–Crippen LogP) is 6.05. The highest BCUT2D eigenvalue weighted by Crippen LogP contribution is 2.41. The number of anilines is 1. The van der Waals surface area contributed by atoms with Crippen LogP contribution in [-0.2, 0) is 11.2 Å². The molecule has 0 bridgehead atoms. The van der Waals surface area contributed by atoms with Crippen molar-refractivity contribution < 1.29 is 4.79 Å². The van der Waals surface area contributed by atoms with E-state index < -0.39 is 0 Å². The lowest BCUT2D eigenvalue weighted by atomic mass is 9.96. The molecule has 194 valence electrons. The summed E-state index contributed by atoms with van der Waals surface area (Å²) in [5, 5.41) is 7.14. The fourth-order valence-corrected chi connectivity index (χ4v) is 5.77. The molecule has 1 aliphatic heterocycles. The zero-order chi connectivity index (χ0) is 26.6. The van der Waals surface area contributed by atoms with Crippen LogP contribution in [0.4, 0.5) is 5.69 Å². The van der Waals surface area contributed by atoms with Crippen molar-refractivity contribution in [1.29, 1.82) is 0 Å². The van der Waals surface area contributed by atoms with Gasteiger partial charge in [0.1, 0.15) is 0 Å². The lowest BCUT2D eigenvalue weighted by Gasteiger charge is -2.28. The molecule has 1 amide bonds. The monoisotopic (exact) mass is 523 g/mol. The summed E-state index contributed by atoms with van der Waals surface area (Å²) < 4.78 is 2.34. The van der Waals surface area contributed by atoms with Crippen LogP contribution in [0.3, 0.4) is 0 Å². The highest BCUT2D eigenvalue weighted by atomic mass is 32.1. The fourth-order valence-electron chi connectivity index (χ4n) is 5.44. The van der Waals surface area contributed by atoms with E-state index in [4.69, 9.17) is 12.2 Å². The number of aryl methyl sites for hydroxylation is 2.